The number of nitrogens with one attached hydrogen (secondary N) is 1. The lowest BCUT2D eigenvalue weighted by Gasteiger charge is -2.07. The summed E-state index contributed by atoms with van der Waals surface area (Å²) >= 11 is 4.50. The molecule has 0 aliphatic rings. The molecular formula is C19H18BrFN4O2S. The van der Waals surface area contributed by atoms with E-state index < -0.39 is 0 Å². The van der Waals surface area contributed by atoms with Crippen molar-refractivity contribution in [2.45, 2.75) is 27.3 Å². The molecule has 0 unspecified atom stereocenters. The molecule has 6 nitrogen and oxygen atoms in total. The average molecular weight is 465 g/mol. The number of benzene rings is 1. The molecule has 28 heavy (non-hydrogen) atoms. The number of hydrogen-bond donors (Lipinski definition) is 1. The van der Waals surface area contributed by atoms with Gasteiger partial charge in [-0.15, -0.1) is 11.3 Å². The van der Waals surface area contributed by atoms with E-state index in [1.165, 1.54) is 16.8 Å². The van der Waals surface area contributed by atoms with Crippen molar-refractivity contribution < 1.29 is 9.18 Å². The number of nitrogens with zero attached hydrogens (tertiary/aromatic N) is 3. The molecule has 0 saturated heterocycles. The molecule has 0 bridgehead atoms. The Balaban J connectivity index is 1.90. The molecule has 0 atom stereocenters. The normalized spacial score (nSPS) is 10.9. The van der Waals surface area contributed by atoms with Crippen LogP contribution in [0, 0.1) is 26.6 Å². The summed E-state index contributed by atoms with van der Waals surface area (Å²) in [6, 6.07) is 4.30. The lowest BCUT2D eigenvalue weighted by molar-refractivity contribution is 0.0954. The molecule has 1 amide bonds. The van der Waals surface area contributed by atoms with Gasteiger partial charge in [0.2, 0.25) is 0 Å². The first-order chi connectivity index (χ1) is 13.2. The Morgan fingerprint density at radius 2 is 2.00 bits per heavy atom. The van der Waals surface area contributed by atoms with Crippen LogP contribution in [0.4, 0.5) is 4.39 Å². The van der Waals surface area contributed by atoms with Gasteiger partial charge in [0.15, 0.2) is 0 Å². The van der Waals surface area contributed by atoms with Gasteiger partial charge in [-0.05, 0) is 50.1 Å². The van der Waals surface area contributed by atoms with Gasteiger partial charge in [-0.2, -0.15) is 5.10 Å². The van der Waals surface area contributed by atoms with E-state index in [4.69, 9.17) is 0 Å². The highest BCUT2D eigenvalue weighted by Gasteiger charge is 2.21. The van der Waals surface area contributed by atoms with Crippen LogP contribution in [0.2, 0.25) is 0 Å². The topological polar surface area (TPSA) is 76.9 Å². The standard InChI is InChI=1S/C19H18BrFN4O2S/c1-9-10(2)24-25(4)19(27)15(9)18-23-11(3)16(28-18)17(26)22-8-12-7-13(21)5-6-14(12)20/h5-7H,8H2,1-4H3,(H,22,26). The molecule has 3 aromatic rings. The summed E-state index contributed by atoms with van der Waals surface area (Å²) in [5, 5.41) is 7.43. The Morgan fingerprint density at radius 1 is 1.29 bits per heavy atom. The van der Waals surface area contributed by atoms with E-state index in [1.807, 2.05) is 13.8 Å². The molecule has 0 radical (unpaired) electrons. The lowest BCUT2D eigenvalue weighted by Crippen LogP contribution is -2.23. The number of rotatable bonds is 4. The number of aryl methyl sites for hydroxylation is 3. The molecule has 0 spiro atoms. The molecular weight excluding hydrogens is 447 g/mol. The zero-order chi connectivity index (χ0) is 20.6. The minimum Gasteiger partial charge on any atom is -0.347 e. The van der Waals surface area contributed by atoms with Crippen molar-refractivity contribution in [3.05, 3.63) is 66.2 Å². The minimum atomic E-state index is -0.372. The highest BCUT2D eigenvalue weighted by Crippen LogP contribution is 2.28. The van der Waals surface area contributed by atoms with Crippen LogP contribution in [0.5, 0.6) is 0 Å². The number of carbonyl (C=O) groups is 1. The van der Waals surface area contributed by atoms with Crippen molar-refractivity contribution in [3.63, 3.8) is 0 Å². The Labute approximate surface area is 173 Å². The largest absolute Gasteiger partial charge is 0.347 e. The third-order valence-electron chi connectivity index (χ3n) is 4.39. The highest BCUT2D eigenvalue weighted by atomic mass is 79.9. The molecule has 3 rings (SSSR count). The molecule has 2 aromatic heterocycles. The fourth-order valence-corrected chi connectivity index (χ4v) is 4.21. The second kappa shape index (κ2) is 7.92. The van der Waals surface area contributed by atoms with Gasteiger partial charge in [-0.3, -0.25) is 9.59 Å². The van der Waals surface area contributed by atoms with Gasteiger partial charge in [-0.1, -0.05) is 15.9 Å². The van der Waals surface area contributed by atoms with E-state index in [9.17, 15) is 14.0 Å². The fourth-order valence-electron chi connectivity index (χ4n) is 2.75. The van der Waals surface area contributed by atoms with Crippen molar-refractivity contribution >= 4 is 33.2 Å². The summed E-state index contributed by atoms with van der Waals surface area (Å²) in [5.41, 5.74) is 2.83. The second-order valence-corrected chi connectivity index (χ2v) is 8.22. The number of thiazole rings is 1. The Kier molecular flexibility index (Phi) is 5.76. The first kappa shape index (κ1) is 20.3. The zero-order valence-corrected chi connectivity index (χ0v) is 18.2. The van der Waals surface area contributed by atoms with E-state index in [2.05, 4.69) is 31.3 Å². The van der Waals surface area contributed by atoms with Crippen LogP contribution in [0.1, 0.15) is 32.2 Å². The number of amides is 1. The lowest BCUT2D eigenvalue weighted by atomic mass is 10.1. The number of aromatic nitrogens is 3. The van der Waals surface area contributed by atoms with Gasteiger partial charge in [0.1, 0.15) is 15.7 Å². The molecule has 146 valence electrons. The molecule has 2 heterocycles. The molecule has 1 N–H and O–H groups in total. The first-order valence-electron chi connectivity index (χ1n) is 8.43. The van der Waals surface area contributed by atoms with E-state index in [1.54, 1.807) is 20.0 Å². The summed E-state index contributed by atoms with van der Waals surface area (Å²) in [5.74, 6) is -0.694. The highest BCUT2D eigenvalue weighted by molar-refractivity contribution is 9.10. The summed E-state index contributed by atoms with van der Waals surface area (Å²) in [6.07, 6.45) is 0. The average Bonchev–Trinajstić information content (AvgIpc) is 3.02. The summed E-state index contributed by atoms with van der Waals surface area (Å²) in [4.78, 5) is 30.0. The molecule has 0 saturated carbocycles. The quantitative estimate of drug-likeness (QED) is 0.638. The third kappa shape index (κ3) is 3.90. The van der Waals surface area contributed by atoms with E-state index >= 15 is 0 Å². The summed E-state index contributed by atoms with van der Waals surface area (Å²) in [7, 11) is 1.59. The van der Waals surface area contributed by atoms with Crippen molar-refractivity contribution in [3.8, 4) is 10.6 Å². The maximum atomic E-state index is 13.4. The van der Waals surface area contributed by atoms with Gasteiger partial charge in [0.25, 0.3) is 11.5 Å². The van der Waals surface area contributed by atoms with Crippen LogP contribution in [0.3, 0.4) is 0 Å². The SMILES string of the molecule is Cc1nc(-c2c(C)c(C)nn(C)c2=O)sc1C(=O)NCc1cc(F)ccc1Br. The zero-order valence-electron chi connectivity index (χ0n) is 15.8. The van der Waals surface area contributed by atoms with Crippen LogP contribution in [-0.2, 0) is 13.6 Å². The van der Waals surface area contributed by atoms with Crippen molar-refractivity contribution in [2.24, 2.45) is 7.05 Å². The maximum Gasteiger partial charge on any atom is 0.277 e. The smallest absolute Gasteiger partial charge is 0.277 e. The summed E-state index contributed by atoms with van der Waals surface area (Å²) < 4.78 is 15.4. The Hall–Kier alpha value is -2.39. The molecule has 0 aliphatic heterocycles. The monoisotopic (exact) mass is 464 g/mol. The van der Waals surface area contributed by atoms with E-state index in [-0.39, 0.29) is 23.8 Å². The first-order valence-corrected chi connectivity index (χ1v) is 10.0. The predicted molar refractivity (Wildman–Crippen MR) is 110 cm³/mol. The van der Waals surface area contributed by atoms with Crippen LogP contribution in [-0.4, -0.2) is 20.7 Å². The second-order valence-electron chi connectivity index (χ2n) is 6.37. The van der Waals surface area contributed by atoms with Crippen LogP contribution < -0.4 is 10.9 Å². The minimum absolute atomic E-state index is 0.166. The van der Waals surface area contributed by atoms with E-state index in [0.29, 0.717) is 31.2 Å². The number of hydrogen-bond acceptors (Lipinski definition) is 5. The van der Waals surface area contributed by atoms with Gasteiger partial charge in [0, 0.05) is 18.1 Å². The van der Waals surface area contributed by atoms with Gasteiger partial charge in [0.05, 0.1) is 17.0 Å². The summed E-state index contributed by atoms with van der Waals surface area (Å²) in [6.45, 7) is 5.53. The molecule has 0 fully saturated rings. The predicted octanol–water partition coefficient (Wildman–Crippen LogP) is 3.66. The van der Waals surface area contributed by atoms with Gasteiger partial charge in [-0.25, -0.2) is 14.1 Å². The molecule has 9 heteroatoms. The van der Waals surface area contributed by atoms with Crippen molar-refractivity contribution in [1.29, 1.82) is 0 Å². The van der Waals surface area contributed by atoms with Gasteiger partial charge < -0.3 is 5.32 Å². The van der Waals surface area contributed by atoms with Crippen LogP contribution in [0.25, 0.3) is 10.6 Å². The fraction of sp³-hybridized carbons (Fsp3) is 0.263. The maximum absolute atomic E-state index is 13.4. The third-order valence-corrected chi connectivity index (χ3v) is 6.34. The molecule has 0 aliphatic carbocycles. The number of halogens is 2. The van der Waals surface area contributed by atoms with Crippen LogP contribution >= 0.6 is 27.3 Å². The molecule has 1 aromatic carbocycles. The van der Waals surface area contributed by atoms with Crippen molar-refractivity contribution in [1.82, 2.24) is 20.1 Å². The van der Waals surface area contributed by atoms with Gasteiger partial charge >= 0.3 is 0 Å². The van der Waals surface area contributed by atoms with Crippen molar-refractivity contribution in [2.75, 3.05) is 0 Å². The number of carbonyl (C=O) groups excluding carboxylic acids is 1. The van der Waals surface area contributed by atoms with Crippen LogP contribution in [0.15, 0.2) is 27.5 Å². The van der Waals surface area contributed by atoms with E-state index in [0.717, 1.165) is 22.6 Å². The Morgan fingerprint density at radius 3 is 2.71 bits per heavy atom. The Bertz CT molecular complexity index is 1140.